The fourth-order valence-electron chi connectivity index (χ4n) is 2.81. The van der Waals surface area contributed by atoms with Crippen LogP contribution < -0.4 is 5.32 Å². The Morgan fingerprint density at radius 2 is 2.29 bits per heavy atom. The summed E-state index contributed by atoms with van der Waals surface area (Å²) in [4.78, 5) is 4.52. The summed E-state index contributed by atoms with van der Waals surface area (Å²) in [6.07, 6.45) is 6.43. The SMILES string of the molecule is COCCn1cc(S(=O)(=O)N2CCNCC2c2nccn2C)cn1. The van der Waals surface area contributed by atoms with E-state index in [1.807, 2.05) is 17.8 Å². The van der Waals surface area contributed by atoms with Gasteiger partial charge < -0.3 is 14.6 Å². The first-order valence-corrected chi connectivity index (χ1v) is 9.19. The third kappa shape index (κ3) is 3.22. The average molecular weight is 354 g/mol. The van der Waals surface area contributed by atoms with Crippen LogP contribution in [0.1, 0.15) is 11.9 Å². The number of aryl methyl sites for hydroxylation is 1. The van der Waals surface area contributed by atoms with Gasteiger partial charge in [0, 0.05) is 52.4 Å². The van der Waals surface area contributed by atoms with E-state index < -0.39 is 10.0 Å². The highest BCUT2D eigenvalue weighted by Gasteiger charge is 2.37. The van der Waals surface area contributed by atoms with Crippen LogP contribution in [-0.4, -0.2) is 65.4 Å². The lowest BCUT2D eigenvalue weighted by Crippen LogP contribution is -2.49. The summed E-state index contributed by atoms with van der Waals surface area (Å²) in [6, 6.07) is -0.342. The van der Waals surface area contributed by atoms with Gasteiger partial charge >= 0.3 is 0 Å². The fourth-order valence-corrected chi connectivity index (χ4v) is 4.35. The van der Waals surface area contributed by atoms with Crippen molar-refractivity contribution < 1.29 is 13.2 Å². The maximum atomic E-state index is 13.1. The molecule has 1 atom stereocenters. The number of aromatic nitrogens is 4. The van der Waals surface area contributed by atoms with Gasteiger partial charge in [-0.05, 0) is 0 Å². The second-order valence-corrected chi connectivity index (χ2v) is 7.55. The molecule has 3 heterocycles. The molecule has 0 bridgehead atoms. The molecule has 0 aromatic carbocycles. The molecule has 1 unspecified atom stereocenters. The van der Waals surface area contributed by atoms with E-state index in [9.17, 15) is 8.42 Å². The Labute approximate surface area is 141 Å². The summed E-state index contributed by atoms with van der Waals surface area (Å²) in [6.45, 7) is 2.52. The second kappa shape index (κ2) is 7.01. The number of imidazole rings is 1. The predicted octanol–water partition coefficient (Wildman–Crippen LogP) is -0.402. The molecule has 1 fully saturated rings. The van der Waals surface area contributed by atoms with Crippen molar-refractivity contribution in [2.75, 3.05) is 33.4 Å². The Hall–Kier alpha value is -1.75. The topological polar surface area (TPSA) is 94.3 Å². The van der Waals surface area contributed by atoms with Crippen molar-refractivity contribution >= 4 is 10.0 Å². The van der Waals surface area contributed by atoms with Crippen LogP contribution in [0.3, 0.4) is 0 Å². The second-order valence-electron chi connectivity index (χ2n) is 5.66. The van der Waals surface area contributed by atoms with Gasteiger partial charge in [-0.15, -0.1) is 0 Å². The van der Waals surface area contributed by atoms with Crippen molar-refractivity contribution in [3.05, 3.63) is 30.6 Å². The molecule has 0 aliphatic carbocycles. The number of sulfonamides is 1. The predicted molar refractivity (Wildman–Crippen MR) is 86.8 cm³/mol. The normalized spacial score (nSPS) is 19.7. The molecule has 2 aromatic rings. The average Bonchev–Trinajstić information content (AvgIpc) is 3.22. The molecule has 10 heteroatoms. The molecule has 1 aliphatic heterocycles. The third-order valence-corrected chi connectivity index (χ3v) is 5.95. The Balaban J connectivity index is 1.89. The highest BCUT2D eigenvalue weighted by molar-refractivity contribution is 7.89. The van der Waals surface area contributed by atoms with E-state index in [0.717, 1.165) is 5.82 Å². The van der Waals surface area contributed by atoms with E-state index >= 15 is 0 Å². The lowest BCUT2D eigenvalue weighted by Gasteiger charge is -2.34. The summed E-state index contributed by atoms with van der Waals surface area (Å²) >= 11 is 0. The number of methoxy groups -OCH3 is 1. The van der Waals surface area contributed by atoms with Gasteiger partial charge in [-0.1, -0.05) is 0 Å². The van der Waals surface area contributed by atoms with Gasteiger partial charge in [-0.25, -0.2) is 13.4 Å². The monoisotopic (exact) mass is 354 g/mol. The van der Waals surface area contributed by atoms with E-state index in [4.69, 9.17) is 4.74 Å². The van der Waals surface area contributed by atoms with Gasteiger partial charge in [0.05, 0.1) is 25.4 Å². The molecule has 1 aliphatic rings. The van der Waals surface area contributed by atoms with E-state index in [2.05, 4.69) is 15.4 Å². The van der Waals surface area contributed by atoms with Crippen LogP contribution in [0.2, 0.25) is 0 Å². The summed E-state index contributed by atoms with van der Waals surface area (Å²) in [5.74, 6) is 0.720. The summed E-state index contributed by atoms with van der Waals surface area (Å²) in [5, 5.41) is 7.35. The van der Waals surface area contributed by atoms with E-state index in [1.165, 1.54) is 10.5 Å². The zero-order chi connectivity index (χ0) is 17.2. The van der Waals surface area contributed by atoms with Crippen molar-refractivity contribution in [3.63, 3.8) is 0 Å². The van der Waals surface area contributed by atoms with Gasteiger partial charge in [0.1, 0.15) is 10.7 Å². The molecule has 0 radical (unpaired) electrons. The smallest absolute Gasteiger partial charge is 0.246 e. The lowest BCUT2D eigenvalue weighted by molar-refractivity contribution is 0.183. The molecule has 0 amide bonds. The molecule has 1 N–H and O–H groups in total. The van der Waals surface area contributed by atoms with E-state index in [1.54, 1.807) is 24.2 Å². The van der Waals surface area contributed by atoms with Crippen molar-refractivity contribution in [3.8, 4) is 0 Å². The summed E-state index contributed by atoms with van der Waals surface area (Å²) < 4.78 is 36.1. The van der Waals surface area contributed by atoms with Gasteiger partial charge in [-0.2, -0.15) is 9.40 Å². The molecule has 132 valence electrons. The first-order valence-electron chi connectivity index (χ1n) is 7.75. The molecule has 1 saturated heterocycles. The zero-order valence-electron chi connectivity index (χ0n) is 13.8. The van der Waals surface area contributed by atoms with Crippen LogP contribution in [0.4, 0.5) is 0 Å². The number of nitrogens with zero attached hydrogens (tertiary/aromatic N) is 5. The third-order valence-electron chi connectivity index (χ3n) is 4.09. The van der Waals surface area contributed by atoms with Crippen LogP contribution >= 0.6 is 0 Å². The highest BCUT2D eigenvalue weighted by atomic mass is 32.2. The van der Waals surface area contributed by atoms with Gasteiger partial charge in [0.15, 0.2) is 0 Å². The van der Waals surface area contributed by atoms with E-state index in [0.29, 0.717) is 32.8 Å². The molecular weight excluding hydrogens is 332 g/mol. The highest BCUT2D eigenvalue weighted by Crippen LogP contribution is 2.27. The fraction of sp³-hybridized carbons (Fsp3) is 0.571. The lowest BCUT2D eigenvalue weighted by atomic mass is 10.2. The van der Waals surface area contributed by atoms with Gasteiger partial charge in [-0.3, -0.25) is 4.68 Å². The van der Waals surface area contributed by atoms with Crippen LogP contribution in [0.5, 0.6) is 0 Å². The van der Waals surface area contributed by atoms with Gasteiger partial charge in [0.2, 0.25) is 10.0 Å². The zero-order valence-corrected chi connectivity index (χ0v) is 14.6. The minimum Gasteiger partial charge on any atom is -0.383 e. The molecule has 0 saturated carbocycles. The molecule has 9 nitrogen and oxygen atoms in total. The largest absolute Gasteiger partial charge is 0.383 e. The quantitative estimate of drug-likeness (QED) is 0.758. The van der Waals surface area contributed by atoms with Crippen molar-refractivity contribution in [2.24, 2.45) is 7.05 Å². The minimum atomic E-state index is -3.64. The number of ether oxygens (including phenoxy) is 1. The van der Waals surface area contributed by atoms with Crippen LogP contribution in [0, 0.1) is 0 Å². The van der Waals surface area contributed by atoms with Crippen molar-refractivity contribution in [1.29, 1.82) is 0 Å². The molecule has 24 heavy (non-hydrogen) atoms. The number of hydrogen-bond acceptors (Lipinski definition) is 6. The van der Waals surface area contributed by atoms with Crippen LogP contribution in [0.15, 0.2) is 29.7 Å². The first-order chi connectivity index (χ1) is 11.5. The molecule has 0 spiro atoms. The molecule has 3 rings (SSSR count). The maximum Gasteiger partial charge on any atom is 0.246 e. The number of rotatable bonds is 6. The summed E-state index contributed by atoms with van der Waals surface area (Å²) in [7, 11) is -0.180. The summed E-state index contributed by atoms with van der Waals surface area (Å²) in [5.41, 5.74) is 0. The minimum absolute atomic E-state index is 0.194. The Morgan fingerprint density at radius 1 is 1.46 bits per heavy atom. The Bertz CT molecular complexity index is 784. The maximum absolute atomic E-state index is 13.1. The number of piperazine rings is 1. The van der Waals surface area contributed by atoms with Crippen LogP contribution in [0.25, 0.3) is 0 Å². The van der Waals surface area contributed by atoms with Crippen molar-refractivity contribution in [2.45, 2.75) is 17.5 Å². The van der Waals surface area contributed by atoms with Gasteiger partial charge in [0.25, 0.3) is 0 Å². The van der Waals surface area contributed by atoms with E-state index in [-0.39, 0.29) is 10.9 Å². The first kappa shape index (κ1) is 17.1. The Kier molecular flexibility index (Phi) is 4.99. The number of nitrogens with one attached hydrogen (secondary N) is 1. The van der Waals surface area contributed by atoms with Crippen LogP contribution in [-0.2, 0) is 28.4 Å². The molecular formula is C14H22N6O3S. The Morgan fingerprint density at radius 3 is 3.00 bits per heavy atom. The number of hydrogen-bond donors (Lipinski definition) is 1. The van der Waals surface area contributed by atoms with Crippen molar-refractivity contribution in [1.82, 2.24) is 29.0 Å². The molecule has 2 aromatic heterocycles. The standard InChI is InChI=1S/C14H22N6O3S/c1-18-5-4-16-14(18)13-10-15-3-6-20(13)24(21,22)12-9-17-19(11-12)7-8-23-2/h4-5,9,11,13,15H,3,6-8,10H2,1-2H3.